The van der Waals surface area contributed by atoms with Gasteiger partial charge in [0, 0.05) is 35.5 Å². The number of benzene rings is 1. The first kappa shape index (κ1) is 19.3. The molecule has 1 aliphatic rings. The summed E-state index contributed by atoms with van der Waals surface area (Å²) in [5.41, 5.74) is 0. The van der Waals surface area contributed by atoms with Gasteiger partial charge < -0.3 is 10.2 Å². The Morgan fingerprint density at radius 2 is 1.81 bits per heavy atom. The van der Waals surface area contributed by atoms with Crippen molar-refractivity contribution in [3.05, 3.63) is 51.1 Å². The number of sulfonamides is 1. The molecule has 3 rings (SSSR count). The van der Waals surface area contributed by atoms with Crippen molar-refractivity contribution in [2.24, 2.45) is 0 Å². The number of carbonyl (C=O) groups excluding carboxylic acids is 1. The minimum Gasteiger partial charge on any atom is -0.331 e. The number of hydrogen-bond acceptors (Lipinski definition) is 4. The van der Waals surface area contributed by atoms with E-state index in [0.717, 1.165) is 9.35 Å². The molecular weight excluding hydrogens is 438 g/mol. The van der Waals surface area contributed by atoms with Crippen LogP contribution in [0.25, 0.3) is 0 Å². The molecule has 2 heterocycles. The van der Waals surface area contributed by atoms with Gasteiger partial charge in [0.25, 0.3) is 0 Å². The van der Waals surface area contributed by atoms with Crippen molar-refractivity contribution in [1.82, 2.24) is 14.5 Å². The predicted molar refractivity (Wildman–Crippen MR) is 106 cm³/mol. The lowest BCUT2D eigenvalue weighted by atomic mass is 10.3. The summed E-state index contributed by atoms with van der Waals surface area (Å²) in [7, 11) is -3.53. The highest BCUT2D eigenvalue weighted by Gasteiger charge is 2.30. The molecule has 26 heavy (non-hydrogen) atoms. The molecule has 0 spiro atoms. The zero-order chi connectivity index (χ0) is 18.7. The van der Waals surface area contributed by atoms with Crippen LogP contribution in [0.4, 0.5) is 4.79 Å². The topological polar surface area (TPSA) is 69.7 Å². The van der Waals surface area contributed by atoms with Crippen LogP contribution < -0.4 is 5.32 Å². The molecule has 0 aliphatic carbocycles. The summed E-state index contributed by atoms with van der Waals surface area (Å²) >= 11 is 4.90. The molecule has 0 radical (unpaired) electrons. The Hall–Kier alpha value is -1.42. The van der Waals surface area contributed by atoms with Gasteiger partial charge in [-0.05, 0) is 42.6 Å². The molecule has 1 fully saturated rings. The van der Waals surface area contributed by atoms with Crippen LogP contribution in [0.1, 0.15) is 17.8 Å². The average molecular weight is 458 g/mol. The first-order valence-corrected chi connectivity index (χ1v) is 11.3. The van der Waals surface area contributed by atoms with E-state index in [1.807, 2.05) is 24.4 Å². The van der Waals surface area contributed by atoms with Gasteiger partial charge in [-0.1, -0.05) is 22.0 Å². The molecule has 9 heteroatoms. The Morgan fingerprint density at radius 3 is 2.38 bits per heavy atom. The van der Waals surface area contributed by atoms with Crippen LogP contribution in [-0.2, 0) is 10.0 Å². The van der Waals surface area contributed by atoms with Crippen LogP contribution >= 0.6 is 27.3 Å². The fourth-order valence-electron chi connectivity index (χ4n) is 2.77. The van der Waals surface area contributed by atoms with E-state index in [2.05, 4.69) is 21.2 Å². The molecule has 6 nitrogen and oxygen atoms in total. The van der Waals surface area contributed by atoms with Crippen molar-refractivity contribution in [2.45, 2.75) is 17.9 Å². The Kier molecular flexibility index (Phi) is 6.01. The standard InChI is InChI=1S/C17H20BrN3O3S2/c1-13(16-3-2-12-25-16)19-17(22)20-8-10-21(11-9-20)26(23,24)15-6-4-14(18)5-7-15/h2-7,12-13H,8-11H2,1H3,(H,19,22)/t13-/m0/s1. The Bertz CT molecular complexity index is 846. The maximum atomic E-state index is 12.7. The van der Waals surface area contributed by atoms with Crippen LogP contribution in [0.3, 0.4) is 0 Å². The van der Waals surface area contributed by atoms with Crippen LogP contribution in [0, 0.1) is 0 Å². The van der Waals surface area contributed by atoms with Gasteiger partial charge in [-0.15, -0.1) is 11.3 Å². The van der Waals surface area contributed by atoms with Crippen LogP contribution in [0.15, 0.2) is 51.1 Å². The van der Waals surface area contributed by atoms with E-state index < -0.39 is 10.0 Å². The van der Waals surface area contributed by atoms with Gasteiger partial charge in [0.2, 0.25) is 10.0 Å². The number of nitrogens with zero attached hydrogens (tertiary/aromatic N) is 2. The van der Waals surface area contributed by atoms with Gasteiger partial charge in [-0.3, -0.25) is 0 Å². The zero-order valence-corrected chi connectivity index (χ0v) is 17.5. The van der Waals surface area contributed by atoms with Crippen molar-refractivity contribution >= 4 is 43.3 Å². The minimum absolute atomic E-state index is 0.0629. The first-order valence-electron chi connectivity index (χ1n) is 8.22. The van der Waals surface area contributed by atoms with Crippen molar-refractivity contribution in [3.8, 4) is 0 Å². The molecule has 2 aromatic rings. The van der Waals surface area contributed by atoms with Crippen molar-refractivity contribution in [1.29, 1.82) is 0 Å². The second-order valence-corrected chi connectivity index (χ2v) is 9.86. The van der Waals surface area contributed by atoms with E-state index in [1.54, 1.807) is 40.5 Å². The molecule has 1 aromatic heterocycles. The lowest BCUT2D eigenvalue weighted by molar-refractivity contribution is 0.169. The van der Waals surface area contributed by atoms with Crippen molar-refractivity contribution < 1.29 is 13.2 Å². The highest BCUT2D eigenvalue weighted by molar-refractivity contribution is 9.10. The third kappa shape index (κ3) is 4.28. The number of halogens is 1. The highest BCUT2D eigenvalue weighted by Crippen LogP contribution is 2.21. The molecule has 1 N–H and O–H groups in total. The zero-order valence-electron chi connectivity index (χ0n) is 14.3. The lowest BCUT2D eigenvalue weighted by Crippen LogP contribution is -2.53. The molecule has 140 valence electrons. The summed E-state index contributed by atoms with van der Waals surface area (Å²) in [5.74, 6) is 0. The third-order valence-corrected chi connectivity index (χ3v) is 7.78. The quantitative estimate of drug-likeness (QED) is 0.765. The normalized spacial score (nSPS) is 17.1. The van der Waals surface area contributed by atoms with E-state index in [9.17, 15) is 13.2 Å². The first-order chi connectivity index (χ1) is 12.4. The average Bonchev–Trinajstić information content (AvgIpc) is 3.17. The predicted octanol–water partition coefficient (Wildman–Crippen LogP) is 3.29. The molecule has 1 atom stereocenters. The van der Waals surface area contributed by atoms with Crippen molar-refractivity contribution in [3.63, 3.8) is 0 Å². The van der Waals surface area contributed by atoms with E-state index in [-0.39, 0.29) is 17.0 Å². The second-order valence-electron chi connectivity index (χ2n) is 6.03. The largest absolute Gasteiger partial charge is 0.331 e. The van der Waals surface area contributed by atoms with Gasteiger partial charge in [0.05, 0.1) is 10.9 Å². The van der Waals surface area contributed by atoms with Gasteiger partial charge >= 0.3 is 6.03 Å². The molecule has 1 aromatic carbocycles. The van der Waals surface area contributed by atoms with Gasteiger partial charge in [-0.2, -0.15) is 4.31 Å². The number of urea groups is 1. The Balaban J connectivity index is 1.58. The molecule has 2 amide bonds. The Morgan fingerprint density at radius 1 is 1.15 bits per heavy atom. The van der Waals surface area contributed by atoms with E-state index in [4.69, 9.17) is 0 Å². The SMILES string of the molecule is C[C@H](NC(=O)N1CCN(S(=O)(=O)c2ccc(Br)cc2)CC1)c1cccs1. The van der Waals surface area contributed by atoms with Gasteiger partial charge in [0.15, 0.2) is 0 Å². The minimum atomic E-state index is -3.53. The summed E-state index contributed by atoms with van der Waals surface area (Å²) in [6.07, 6.45) is 0. The van der Waals surface area contributed by atoms with Crippen molar-refractivity contribution in [2.75, 3.05) is 26.2 Å². The fraction of sp³-hybridized carbons (Fsp3) is 0.353. The van der Waals surface area contributed by atoms with E-state index in [1.165, 1.54) is 4.31 Å². The molecule has 0 unspecified atom stereocenters. The lowest BCUT2D eigenvalue weighted by Gasteiger charge is -2.34. The maximum Gasteiger partial charge on any atom is 0.317 e. The third-order valence-electron chi connectivity index (χ3n) is 4.29. The van der Waals surface area contributed by atoms with Crippen LogP contribution in [0.5, 0.6) is 0 Å². The van der Waals surface area contributed by atoms with E-state index in [0.29, 0.717) is 26.2 Å². The number of amides is 2. The number of rotatable bonds is 4. The molecular formula is C17H20BrN3O3S2. The van der Waals surface area contributed by atoms with Crippen LogP contribution in [0.2, 0.25) is 0 Å². The number of piperazine rings is 1. The number of carbonyl (C=O) groups is 1. The number of hydrogen-bond donors (Lipinski definition) is 1. The van der Waals surface area contributed by atoms with E-state index >= 15 is 0 Å². The summed E-state index contributed by atoms with van der Waals surface area (Å²) in [6, 6.07) is 10.3. The van der Waals surface area contributed by atoms with Gasteiger partial charge in [0.1, 0.15) is 0 Å². The highest BCUT2D eigenvalue weighted by atomic mass is 79.9. The van der Waals surface area contributed by atoms with Crippen LogP contribution in [-0.4, -0.2) is 49.8 Å². The molecule has 1 saturated heterocycles. The summed E-state index contributed by atoms with van der Waals surface area (Å²) in [4.78, 5) is 15.4. The number of nitrogens with one attached hydrogen (secondary N) is 1. The smallest absolute Gasteiger partial charge is 0.317 e. The van der Waals surface area contributed by atoms with Gasteiger partial charge in [-0.25, -0.2) is 13.2 Å². The number of thiophene rings is 1. The molecule has 1 aliphatic heterocycles. The second kappa shape index (κ2) is 8.08. The molecule has 0 saturated carbocycles. The summed E-state index contributed by atoms with van der Waals surface area (Å²) < 4.78 is 27.7. The Labute approximate surface area is 166 Å². The fourth-order valence-corrected chi connectivity index (χ4v) is 5.19. The molecule has 0 bridgehead atoms. The summed E-state index contributed by atoms with van der Waals surface area (Å²) in [5, 5.41) is 4.94. The monoisotopic (exact) mass is 457 g/mol. The maximum absolute atomic E-state index is 12.7. The summed E-state index contributed by atoms with van der Waals surface area (Å²) in [6.45, 7) is 3.27.